The third-order valence-electron chi connectivity index (χ3n) is 3.69. The van der Waals surface area contributed by atoms with Gasteiger partial charge >= 0.3 is 0 Å². The first-order valence-corrected chi connectivity index (χ1v) is 7.48. The van der Waals surface area contributed by atoms with Crippen molar-refractivity contribution in [3.05, 3.63) is 23.8 Å². The second-order valence-electron chi connectivity index (χ2n) is 6.23. The van der Waals surface area contributed by atoms with E-state index in [4.69, 9.17) is 14.7 Å². The van der Waals surface area contributed by atoms with Crippen LogP contribution in [0.5, 0.6) is 11.5 Å². The van der Waals surface area contributed by atoms with Gasteiger partial charge in [0, 0.05) is 12.6 Å². The normalized spacial score (nSPS) is 14.6. The van der Waals surface area contributed by atoms with Gasteiger partial charge in [-0.3, -0.25) is 0 Å². The molecule has 0 saturated heterocycles. The summed E-state index contributed by atoms with van der Waals surface area (Å²) in [5.74, 6) is 1.49. The topological polar surface area (TPSA) is 54.3 Å². The van der Waals surface area contributed by atoms with Crippen molar-refractivity contribution in [1.29, 1.82) is 5.26 Å². The summed E-state index contributed by atoms with van der Waals surface area (Å²) in [7, 11) is 1.65. The summed E-state index contributed by atoms with van der Waals surface area (Å²) >= 11 is 0. The summed E-state index contributed by atoms with van der Waals surface area (Å²) < 4.78 is 11.2. The second kappa shape index (κ2) is 6.82. The van der Waals surface area contributed by atoms with Gasteiger partial charge < -0.3 is 14.8 Å². The Morgan fingerprint density at radius 3 is 2.71 bits per heavy atom. The molecule has 1 aliphatic rings. The first kappa shape index (κ1) is 15.7. The van der Waals surface area contributed by atoms with Gasteiger partial charge in [0.15, 0.2) is 11.5 Å². The largest absolute Gasteiger partial charge is 0.493 e. The van der Waals surface area contributed by atoms with Crippen LogP contribution in [-0.4, -0.2) is 19.8 Å². The monoisotopic (exact) mass is 288 g/mol. The number of ether oxygens (including phenoxy) is 2. The van der Waals surface area contributed by atoms with Crippen molar-refractivity contribution in [1.82, 2.24) is 5.32 Å². The van der Waals surface area contributed by atoms with E-state index in [0.29, 0.717) is 19.1 Å². The Morgan fingerprint density at radius 2 is 2.10 bits per heavy atom. The Morgan fingerprint density at radius 1 is 1.33 bits per heavy atom. The molecule has 0 atom stereocenters. The lowest BCUT2D eigenvalue weighted by Gasteiger charge is -2.17. The van der Waals surface area contributed by atoms with E-state index >= 15 is 0 Å². The van der Waals surface area contributed by atoms with Crippen LogP contribution in [0, 0.1) is 16.7 Å². The van der Waals surface area contributed by atoms with Gasteiger partial charge in [0.25, 0.3) is 0 Å². The molecule has 21 heavy (non-hydrogen) atoms. The van der Waals surface area contributed by atoms with Crippen LogP contribution in [0.3, 0.4) is 0 Å². The number of nitrogens with one attached hydrogen (secondary N) is 1. The van der Waals surface area contributed by atoms with E-state index in [1.54, 1.807) is 7.11 Å². The number of benzene rings is 1. The average molecular weight is 288 g/mol. The summed E-state index contributed by atoms with van der Waals surface area (Å²) in [5, 5.41) is 12.5. The molecule has 1 aromatic rings. The molecule has 0 aliphatic heterocycles. The van der Waals surface area contributed by atoms with Crippen LogP contribution in [0.15, 0.2) is 18.2 Å². The van der Waals surface area contributed by atoms with E-state index in [-0.39, 0.29) is 5.41 Å². The third-order valence-corrected chi connectivity index (χ3v) is 3.69. The Kier molecular flexibility index (Phi) is 5.08. The summed E-state index contributed by atoms with van der Waals surface area (Å²) in [6.45, 7) is 5.21. The fraction of sp³-hybridized carbons (Fsp3) is 0.588. The van der Waals surface area contributed by atoms with Crippen molar-refractivity contribution in [2.45, 2.75) is 45.7 Å². The van der Waals surface area contributed by atoms with Crippen molar-refractivity contribution in [3.63, 3.8) is 0 Å². The molecule has 114 valence electrons. The fourth-order valence-electron chi connectivity index (χ4n) is 1.96. The highest BCUT2D eigenvalue weighted by Gasteiger charge is 2.20. The van der Waals surface area contributed by atoms with Crippen LogP contribution in [-0.2, 0) is 6.54 Å². The predicted molar refractivity (Wildman–Crippen MR) is 82.4 cm³/mol. The van der Waals surface area contributed by atoms with Crippen molar-refractivity contribution >= 4 is 0 Å². The zero-order valence-corrected chi connectivity index (χ0v) is 13.1. The van der Waals surface area contributed by atoms with Gasteiger partial charge in [0.2, 0.25) is 0 Å². The molecule has 1 aliphatic carbocycles. The van der Waals surface area contributed by atoms with Crippen LogP contribution in [0.4, 0.5) is 0 Å². The number of hydrogen-bond donors (Lipinski definition) is 1. The van der Waals surface area contributed by atoms with Gasteiger partial charge in [-0.25, -0.2) is 0 Å². The zero-order chi connectivity index (χ0) is 15.3. The molecule has 0 bridgehead atoms. The highest BCUT2D eigenvalue weighted by atomic mass is 16.5. The SMILES string of the molecule is COc1cc(CNC2CC2)ccc1OCCC(C)(C)C#N. The summed E-state index contributed by atoms with van der Waals surface area (Å²) in [5.41, 5.74) is 0.838. The molecule has 1 aromatic carbocycles. The number of nitriles is 1. The number of methoxy groups -OCH3 is 1. The number of hydrogen-bond acceptors (Lipinski definition) is 4. The number of rotatable bonds is 8. The molecular formula is C17H24N2O2. The van der Waals surface area contributed by atoms with Gasteiger partial charge in [-0.15, -0.1) is 0 Å². The minimum atomic E-state index is -0.360. The lowest BCUT2D eigenvalue weighted by molar-refractivity contribution is 0.252. The van der Waals surface area contributed by atoms with Crippen molar-refractivity contribution < 1.29 is 9.47 Å². The maximum Gasteiger partial charge on any atom is 0.161 e. The van der Waals surface area contributed by atoms with Gasteiger partial charge in [0.05, 0.1) is 25.2 Å². The second-order valence-corrected chi connectivity index (χ2v) is 6.23. The Bertz CT molecular complexity index is 516. The summed E-state index contributed by atoms with van der Waals surface area (Å²) in [4.78, 5) is 0. The smallest absolute Gasteiger partial charge is 0.161 e. The molecule has 1 N–H and O–H groups in total. The predicted octanol–water partition coefficient (Wildman–Crippen LogP) is 3.27. The standard InChI is InChI=1S/C17H24N2O2/c1-17(2,12-18)8-9-21-15-7-4-13(10-16(15)20-3)11-19-14-5-6-14/h4,7,10,14,19H,5-6,8-9,11H2,1-3H3. The van der Waals surface area contributed by atoms with E-state index in [1.807, 2.05) is 26.0 Å². The Labute approximate surface area is 127 Å². The van der Waals surface area contributed by atoms with Crippen LogP contribution in [0.2, 0.25) is 0 Å². The van der Waals surface area contributed by atoms with Crippen LogP contribution in [0.1, 0.15) is 38.7 Å². The molecule has 0 aromatic heterocycles. The molecule has 0 radical (unpaired) electrons. The highest BCUT2D eigenvalue weighted by Crippen LogP contribution is 2.29. The minimum Gasteiger partial charge on any atom is -0.493 e. The van der Waals surface area contributed by atoms with E-state index < -0.39 is 0 Å². The van der Waals surface area contributed by atoms with E-state index in [1.165, 1.54) is 18.4 Å². The maximum absolute atomic E-state index is 9.00. The zero-order valence-electron chi connectivity index (χ0n) is 13.1. The molecule has 1 saturated carbocycles. The first-order chi connectivity index (χ1) is 10.0. The molecule has 0 heterocycles. The van der Waals surface area contributed by atoms with E-state index in [0.717, 1.165) is 18.0 Å². The third kappa shape index (κ3) is 4.95. The molecule has 0 unspecified atom stereocenters. The molecule has 0 spiro atoms. The van der Waals surface area contributed by atoms with Crippen molar-refractivity contribution in [2.24, 2.45) is 5.41 Å². The van der Waals surface area contributed by atoms with Crippen LogP contribution < -0.4 is 14.8 Å². The molecule has 4 nitrogen and oxygen atoms in total. The quantitative estimate of drug-likeness (QED) is 0.797. The van der Waals surface area contributed by atoms with Gasteiger partial charge in [-0.2, -0.15) is 5.26 Å². The van der Waals surface area contributed by atoms with Crippen molar-refractivity contribution in [3.8, 4) is 17.6 Å². The van der Waals surface area contributed by atoms with Crippen LogP contribution in [0.25, 0.3) is 0 Å². The molecule has 2 rings (SSSR count). The molecule has 1 fully saturated rings. The van der Waals surface area contributed by atoms with Gasteiger partial charge in [0.1, 0.15) is 0 Å². The molecular weight excluding hydrogens is 264 g/mol. The minimum absolute atomic E-state index is 0.360. The average Bonchev–Trinajstić information content (AvgIpc) is 3.30. The summed E-state index contributed by atoms with van der Waals surface area (Å²) in [6, 6.07) is 8.99. The summed E-state index contributed by atoms with van der Waals surface area (Å²) in [6.07, 6.45) is 3.26. The van der Waals surface area contributed by atoms with Crippen LogP contribution >= 0.6 is 0 Å². The number of nitrogens with zero attached hydrogens (tertiary/aromatic N) is 1. The first-order valence-electron chi connectivity index (χ1n) is 7.48. The van der Waals surface area contributed by atoms with Gasteiger partial charge in [-0.05, 0) is 50.8 Å². The van der Waals surface area contributed by atoms with Crippen molar-refractivity contribution in [2.75, 3.05) is 13.7 Å². The Hall–Kier alpha value is -1.73. The lowest BCUT2D eigenvalue weighted by atomic mass is 9.92. The molecule has 4 heteroatoms. The maximum atomic E-state index is 9.00. The lowest BCUT2D eigenvalue weighted by Crippen LogP contribution is -2.15. The highest BCUT2D eigenvalue weighted by molar-refractivity contribution is 5.43. The van der Waals surface area contributed by atoms with Gasteiger partial charge in [-0.1, -0.05) is 6.07 Å². The van der Waals surface area contributed by atoms with E-state index in [9.17, 15) is 0 Å². The van der Waals surface area contributed by atoms with E-state index in [2.05, 4.69) is 17.5 Å². The fourth-order valence-corrected chi connectivity index (χ4v) is 1.96. The Balaban J connectivity index is 1.90. The molecule has 0 amide bonds.